The summed E-state index contributed by atoms with van der Waals surface area (Å²) < 4.78 is 0. The van der Waals surface area contributed by atoms with E-state index in [1.54, 1.807) is 6.92 Å². The molecule has 0 saturated carbocycles. The summed E-state index contributed by atoms with van der Waals surface area (Å²) in [5.41, 5.74) is 2.22. The van der Waals surface area contributed by atoms with E-state index in [9.17, 15) is 4.79 Å². The fourth-order valence-electron chi connectivity index (χ4n) is 1.76. The number of pyridine rings is 1. The fraction of sp³-hybridized carbons (Fsp3) is 0.0769. The number of hydrogen-bond acceptors (Lipinski definition) is 3. The molecule has 0 aliphatic rings. The van der Waals surface area contributed by atoms with Crippen LogP contribution in [-0.2, 0) is 0 Å². The smallest absolute Gasteiger partial charge is 0.252 e. The molecule has 0 spiro atoms. The van der Waals surface area contributed by atoms with Crippen LogP contribution in [0.4, 0.5) is 0 Å². The van der Waals surface area contributed by atoms with Gasteiger partial charge < -0.3 is 4.98 Å². The van der Waals surface area contributed by atoms with Crippen molar-refractivity contribution in [1.82, 2.24) is 4.98 Å². The highest BCUT2D eigenvalue weighted by Crippen LogP contribution is 2.27. The van der Waals surface area contributed by atoms with Crippen LogP contribution >= 0.6 is 12.6 Å². The Morgan fingerprint density at radius 2 is 1.94 bits per heavy atom. The lowest BCUT2D eigenvalue weighted by molar-refractivity contribution is 1.04. The quantitative estimate of drug-likeness (QED) is 0.755. The molecule has 1 N–H and O–H groups in total. The maximum Gasteiger partial charge on any atom is 0.252 e. The predicted octanol–water partition coefficient (Wildman–Crippen LogP) is 2.51. The van der Waals surface area contributed by atoms with Gasteiger partial charge >= 0.3 is 0 Å². The molecule has 17 heavy (non-hydrogen) atoms. The molecule has 0 radical (unpaired) electrons. The Bertz CT molecular complexity index is 654. The molecule has 0 aliphatic carbocycles. The monoisotopic (exact) mass is 242 g/mol. The SMILES string of the molecule is Cc1c(-c2ccccc2)c(C#N)c(S)[nH]c1=O. The van der Waals surface area contributed by atoms with Crippen LogP contribution in [0.15, 0.2) is 40.2 Å². The topological polar surface area (TPSA) is 56.6 Å². The van der Waals surface area contributed by atoms with Gasteiger partial charge in [0.15, 0.2) is 0 Å². The number of nitriles is 1. The molecule has 1 aromatic carbocycles. The number of thiol groups is 1. The highest BCUT2D eigenvalue weighted by atomic mass is 32.1. The molecule has 3 nitrogen and oxygen atoms in total. The Morgan fingerprint density at radius 3 is 2.53 bits per heavy atom. The maximum atomic E-state index is 11.7. The highest BCUT2D eigenvalue weighted by Gasteiger charge is 2.14. The second-order valence-electron chi connectivity index (χ2n) is 3.66. The normalized spacial score (nSPS) is 9.94. The average Bonchev–Trinajstić information content (AvgIpc) is 2.34. The van der Waals surface area contributed by atoms with Gasteiger partial charge in [0, 0.05) is 11.1 Å². The minimum atomic E-state index is -0.215. The summed E-state index contributed by atoms with van der Waals surface area (Å²) in [6.07, 6.45) is 0. The van der Waals surface area contributed by atoms with Gasteiger partial charge in [-0.2, -0.15) is 5.26 Å². The van der Waals surface area contributed by atoms with Crippen LogP contribution in [0.5, 0.6) is 0 Å². The van der Waals surface area contributed by atoms with E-state index in [1.165, 1.54) is 0 Å². The third kappa shape index (κ3) is 1.97. The van der Waals surface area contributed by atoms with Crippen molar-refractivity contribution in [1.29, 1.82) is 5.26 Å². The molecule has 0 bridgehead atoms. The van der Waals surface area contributed by atoms with Crippen LogP contribution in [0.1, 0.15) is 11.1 Å². The average molecular weight is 242 g/mol. The molecule has 1 heterocycles. The summed E-state index contributed by atoms with van der Waals surface area (Å²) >= 11 is 4.14. The van der Waals surface area contributed by atoms with Crippen LogP contribution < -0.4 is 5.56 Å². The molecular formula is C13H10N2OS. The van der Waals surface area contributed by atoms with Crippen LogP contribution in [0.25, 0.3) is 11.1 Å². The molecule has 0 atom stereocenters. The summed E-state index contributed by atoms with van der Waals surface area (Å²) in [5.74, 6) is 0. The van der Waals surface area contributed by atoms with Gasteiger partial charge in [-0.05, 0) is 12.5 Å². The second-order valence-corrected chi connectivity index (χ2v) is 4.10. The summed E-state index contributed by atoms with van der Waals surface area (Å²) in [4.78, 5) is 14.2. The molecule has 4 heteroatoms. The lowest BCUT2D eigenvalue weighted by Crippen LogP contribution is -2.13. The largest absolute Gasteiger partial charge is 0.316 e. The minimum absolute atomic E-state index is 0.215. The minimum Gasteiger partial charge on any atom is -0.316 e. The number of nitrogens with zero attached hydrogens (tertiary/aromatic N) is 1. The maximum absolute atomic E-state index is 11.7. The van der Waals surface area contributed by atoms with Gasteiger partial charge in [0.25, 0.3) is 5.56 Å². The Balaban J connectivity index is 2.86. The third-order valence-corrected chi connectivity index (χ3v) is 2.94. The molecule has 0 fully saturated rings. The van der Waals surface area contributed by atoms with Crippen LogP contribution in [0.2, 0.25) is 0 Å². The number of benzene rings is 1. The van der Waals surface area contributed by atoms with Crippen molar-refractivity contribution in [3.05, 3.63) is 51.8 Å². The molecule has 2 aromatic rings. The van der Waals surface area contributed by atoms with Crippen molar-refractivity contribution in [2.24, 2.45) is 0 Å². The van der Waals surface area contributed by atoms with E-state index < -0.39 is 0 Å². The third-order valence-electron chi connectivity index (χ3n) is 2.61. The van der Waals surface area contributed by atoms with Crippen LogP contribution in [-0.4, -0.2) is 4.98 Å². The standard InChI is InChI=1S/C13H10N2OS/c1-8-11(9-5-3-2-4-6-9)10(7-14)13(17)15-12(8)16/h2-6H,1H3,(H2,15,16,17). The van der Waals surface area contributed by atoms with Crippen molar-refractivity contribution in [2.45, 2.75) is 11.9 Å². The molecular weight excluding hydrogens is 232 g/mol. The zero-order valence-electron chi connectivity index (χ0n) is 9.19. The predicted molar refractivity (Wildman–Crippen MR) is 69.2 cm³/mol. The van der Waals surface area contributed by atoms with E-state index in [0.717, 1.165) is 5.56 Å². The van der Waals surface area contributed by atoms with Gasteiger partial charge in [-0.15, -0.1) is 12.6 Å². The molecule has 2 rings (SSSR count). The van der Waals surface area contributed by atoms with Crippen molar-refractivity contribution in [3.8, 4) is 17.2 Å². The Labute approximate surface area is 104 Å². The van der Waals surface area contributed by atoms with Gasteiger partial charge in [0.2, 0.25) is 0 Å². The highest BCUT2D eigenvalue weighted by molar-refractivity contribution is 7.80. The molecule has 0 aliphatic heterocycles. The Hall–Kier alpha value is -1.99. The van der Waals surface area contributed by atoms with Crippen molar-refractivity contribution < 1.29 is 0 Å². The number of H-pyrrole nitrogens is 1. The number of aromatic nitrogens is 1. The first-order chi connectivity index (χ1) is 8.15. The number of nitrogens with one attached hydrogen (secondary N) is 1. The van der Waals surface area contributed by atoms with Crippen LogP contribution in [0.3, 0.4) is 0 Å². The van der Waals surface area contributed by atoms with Gasteiger partial charge in [0.05, 0.1) is 10.6 Å². The number of hydrogen-bond donors (Lipinski definition) is 2. The van der Waals surface area contributed by atoms with Gasteiger partial charge in [0.1, 0.15) is 6.07 Å². The molecule has 1 aromatic heterocycles. The van der Waals surface area contributed by atoms with Crippen molar-refractivity contribution in [3.63, 3.8) is 0 Å². The second kappa shape index (κ2) is 4.48. The van der Waals surface area contributed by atoms with E-state index in [4.69, 9.17) is 5.26 Å². The van der Waals surface area contributed by atoms with Crippen molar-refractivity contribution >= 4 is 12.6 Å². The fourth-order valence-corrected chi connectivity index (χ4v) is 2.02. The van der Waals surface area contributed by atoms with E-state index >= 15 is 0 Å². The Morgan fingerprint density at radius 1 is 1.29 bits per heavy atom. The van der Waals surface area contributed by atoms with Crippen LogP contribution in [0, 0.1) is 18.3 Å². The summed E-state index contributed by atoms with van der Waals surface area (Å²) in [5, 5.41) is 9.46. The Kier molecular flexibility index (Phi) is 3.03. The van der Waals surface area contributed by atoms with Gasteiger partial charge in [-0.1, -0.05) is 30.3 Å². The molecule has 0 saturated heterocycles. The van der Waals surface area contributed by atoms with Crippen molar-refractivity contribution in [2.75, 3.05) is 0 Å². The summed E-state index contributed by atoms with van der Waals surface area (Å²) in [7, 11) is 0. The lowest BCUT2D eigenvalue weighted by atomic mass is 9.98. The van der Waals surface area contributed by atoms with E-state index in [-0.39, 0.29) is 5.56 Å². The summed E-state index contributed by atoms with van der Waals surface area (Å²) in [6.45, 7) is 1.70. The number of aromatic amines is 1. The first-order valence-corrected chi connectivity index (χ1v) is 5.51. The van der Waals surface area contributed by atoms with E-state index in [1.807, 2.05) is 30.3 Å². The molecule has 84 valence electrons. The van der Waals surface area contributed by atoms with E-state index in [0.29, 0.717) is 21.7 Å². The molecule has 0 amide bonds. The first kappa shape index (κ1) is 11.5. The molecule has 0 unspecified atom stereocenters. The van der Waals surface area contributed by atoms with Gasteiger partial charge in [-0.25, -0.2) is 0 Å². The zero-order chi connectivity index (χ0) is 12.4. The van der Waals surface area contributed by atoms with E-state index in [2.05, 4.69) is 23.7 Å². The van der Waals surface area contributed by atoms with Gasteiger partial charge in [-0.3, -0.25) is 4.79 Å². The summed E-state index contributed by atoms with van der Waals surface area (Å²) in [6, 6.07) is 11.5. The lowest BCUT2D eigenvalue weighted by Gasteiger charge is -2.09. The zero-order valence-corrected chi connectivity index (χ0v) is 10.1. The first-order valence-electron chi connectivity index (χ1n) is 5.06. The number of rotatable bonds is 1.